The van der Waals surface area contributed by atoms with Crippen LogP contribution >= 0.6 is 11.6 Å². The Kier molecular flexibility index (Phi) is 11.4. The van der Waals surface area contributed by atoms with Gasteiger partial charge in [0.25, 0.3) is 10.1 Å². The van der Waals surface area contributed by atoms with E-state index in [1.165, 1.54) is 6.07 Å². The molecule has 4 heterocycles. The minimum absolute atomic E-state index is 0.0294. The molecule has 2 aromatic rings. The van der Waals surface area contributed by atoms with E-state index in [0.29, 0.717) is 67.4 Å². The summed E-state index contributed by atoms with van der Waals surface area (Å²) < 4.78 is 51.4. The van der Waals surface area contributed by atoms with E-state index in [0.717, 1.165) is 51.6 Å². The summed E-state index contributed by atoms with van der Waals surface area (Å²) in [6, 6.07) is 4.70. The molecule has 0 bridgehead atoms. The van der Waals surface area contributed by atoms with Gasteiger partial charge >= 0.3 is 0 Å². The van der Waals surface area contributed by atoms with Gasteiger partial charge in [-0.3, -0.25) is 14.1 Å². The standard InChI is InChI=1S/C32H43ClFN5O6S/c33-26-20-35-31(36-21-26)37-12-8-24(9-13-37)4-3-16-45-27-7-6-25(28(34)19-27)18-30(41)39-15-11-32(23-39)10-14-38(22-32)29(40)5-1-2-17-46(42,43)44/h6-7,19-21,24H,1-5,8-18,22-23H2,(H,42,43,44). The van der Waals surface area contributed by atoms with Gasteiger partial charge in [0.15, 0.2) is 0 Å². The summed E-state index contributed by atoms with van der Waals surface area (Å²) in [4.78, 5) is 40.1. The van der Waals surface area contributed by atoms with Crippen molar-refractivity contribution in [2.24, 2.45) is 11.3 Å². The predicted octanol–water partition coefficient (Wildman–Crippen LogP) is 4.40. The molecule has 0 aliphatic carbocycles. The first-order valence-corrected chi connectivity index (χ1v) is 18.1. The van der Waals surface area contributed by atoms with Gasteiger partial charge < -0.3 is 19.4 Å². The first-order valence-electron chi connectivity index (χ1n) is 16.1. The van der Waals surface area contributed by atoms with Crippen LogP contribution < -0.4 is 9.64 Å². The van der Waals surface area contributed by atoms with Gasteiger partial charge in [-0.05, 0) is 68.9 Å². The lowest BCUT2D eigenvalue weighted by Gasteiger charge is -2.31. The average Bonchev–Trinajstić information content (AvgIpc) is 3.65. The quantitative estimate of drug-likeness (QED) is 0.242. The molecular weight excluding hydrogens is 637 g/mol. The summed E-state index contributed by atoms with van der Waals surface area (Å²) in [6.45, 7) is 4.58. The van der Waals surface area contributed by atoms with Crippen molar-refractivity contribution in [2.75, 3.05) is 56.5 Å². The third-order valence-corrected chi connectivity index (χ3v) is 10.5. The van der Waals surface area contributed by atoms with Crippen molar-refractivity contribution in [3.8, 4) is 5.75 Å². The molecule has 11 nitrogen and oxygen atoms in total. The zero-order valence-corrected chi connectivity index (χ0v) is 27.7. The van der Waals surface area contributed by atoms with Gasteiger partial charge in [-0.1, -0.05) is 17.7 Å². The molecule has 1 spiro atoms. The molecule has 5 rings (SSSR count). The highest BCUT2D eigenvalue weighted by Crippen LogP contribution is 2.40. The third kappa shape index (κ3) is 9.51. The van der Waals surface area contributed by atoms with Gasteiger partial charge in [-0.2, -0.15) is 8.42 Å². The Morgan fingerprint density at radius 2 is 1.67 bits per heavy atom. The number of piperidine rings is 1. The summed E-state index contributed by atoms with van der Waals surface area (Å²) in [7, 11) is -4.02. The number of hydrogen-bond donors (Lipinski definition) is 1. The Labute approximate surface area is 275 Å². The van der Waals surface area contributed by atoms with E-state index < -0.39 is 15.9 Å². The second-order valence-corrected chi connectivity index (χ2v) is 14.9. The monoisotopic (exact) mass is 679 g/mol. The topological polar surface area (TPSA) is 133 Å². The lowest BCUT2D eigenvalue weighted by Crippen LogP contribution is -2.36. The van der Waals surface area contributed by atoms with E-state index >= 15 is 0 Å². The van der Waals surface area contributed by atoms with E-state index in [9.17, 15) is 22.4 Å². The Hall–Kier alpha value is -3.03. The number of carbonyl (C=O) groups excluding carboxylic acids is 2. The van der Waals surface area contributed by atoms with Crippen LogP contribution in [-0.2, 0) is 26.1 Å². The molecule has 14 heteroatoms. The summed E-state index contributed by atoms with van der Waals surface area (Å²) >= 11 is 5.89. The van der Waals surface area contributed by atoms with E-state index in [1.807, 2.05) is 0 Å². The SMILES string of the molecule is O=C(CCCCS(=O)(=O)O)N1CCC2(CCN(C(=O)Cc3ccc(OCCCC4CCN(c5ncc(Cl)cn5)CC4)cc3F)C2)C1. The van der Waals surface area contributed by atoms with Gasteiger partial charge in [0.1, 0.15) is 11.6 Å². The third-order valence-electron chi connectivity index (χ3n) is 9.52. The van der Waals surface area contributed by atoms with Crippen LogP contribution in [0.2, 0.25) is 5.02 Å². The Bertz CT molecular complexity index is 1470. The first-order chi connectivity index (χ1) is 22.0. The fourth-order valence-electron chi connectivity index (χ4n) is 6.84. The smallest absolute Gasteiger partial charge is 0.264 e. The molecule has 2 amide bonds. The maximum Gasteiger partial charge on any atom is 0.264 e. The molecule has 0 saturated carbocycles. The molecule has 1 N–H and O–H groups in total. The van der Waals surface area contributed by atoms with Crippen LogP contribution in [0.5, 0.6) is 5.75 Å². The molecule has 3 saturated heterocycles. The van der Waals surface area contributed by atoms with Gasteiger partial charge in [0, 0.05) is 57.2 Å². The van der Waals surface area contributed by atoms with Gasteiger partial charge in [-0.25, -0.2) is 14.4 Å². The molecular formula is C32H43ClFN5O6S. The molecule has 3 aliphatic rings. The van der Waals surface area contributed by atoms with Crippen LogP contribution in [0.4, 0.5) is 10.3 Å². The Morgan fingerprint density at radius 3 is 2.33 bits per heavy atom. The zero-order chi connectivity index (χ0) is 32.7. The van der Waals surface area contributed by atoms with Crippen LogP contribution in [0, 0.1) is 17.2 Å². The van der Waals surface area contributed by atoms with Crippen LogP contribution in [0.15, 0.2) is 30.6 Å². The fraction of sp³-hybridized carbons (Fsp3) is 0.625. The highest BCUT2D eigenvalue weighted by atomic mass is 35.5. The molecule has 1 aromatic heterocycles. The summed E-state index contributed by atoms with van der Waals surface area (Å²) in [6.07, 6.45) is 9.66. The van der Waals surface area contributed by atoms with E-state index in [1.54, 1.807) is 34.3 Å². The number of halogens is 2. The van der Waals surface area contributed by atoms with Crippen molar-refractivity contribution in [1.29, 1.82) is 0 Å². The number of hydrogen-bond acceptors (Lipinski definition) is 8. The second-order valence-electron chi connectivity index (χ2n) is 12.9. The minimum Gasteiger partial charge on any atom is -0.493 e. The molecule has 0 radical (unpaired) electrons. The zero-order valence-electron chi connectivity index (χ0n) is 26.1. The number of benzene rings is 1. The van der Waals surface area contributed by atoms with Gasteiger partial charge in [0.05, 0.1) is 36.2 Å². The minimum atomic E-state index is -4.02. The van der Waals surface area contributed by atoms with Gasteiger partial charge in [0.2, 0.25) is 17.8 Å². The average molecular weight is 680 g/mol. The number of unbranched alkanes of at least 4 members (excludes halogenated alkanes) is 1. The highest BCUT2D eigenvalue weighted by Gasteiger charge is 2.45. The van der Waals surface area contributed by atoms with Crippen LogP contribution in [0.1, 0.15) is 63.4 Å². The summed E-state index contributed by atoms with van der Waals surface area (Å²) in [5, 5.41) is 0.527. The number of rotatable bonds is 13. The Balaban J connectivity index is 0.993. The molecule has 1 aromatic carbocycles. The van der Waals surface area contributed by atoms with E-state index in [4.69, 9.17) is 20.9 Å². The number of anilines is 1. The van der Waals surface area contributed by atoms with E-state index in [-0.39, 0.29) is 42.2 Å². The second kappa shape index (κ2) is 15.2. The molecule has 1 unspecified atom stereocenters. The van der Waals surface area contributed by atoms with E-state index in [2.05, 4.69) is 14.9 Å². The molecule has 252 valence electrons. The summed E-state index contributed by atoms with van der Waals surface area (Å²) in [5.41, 5.74) is 0.181. The number of aromatic nitrogens is 2. The van der Waals surface area contributed by atoms with Crippen molar-refractivity contribution in [3.05, 3.63) is 47.0 Å². The lowest BCUT2D eigenvalue weighted by molar-refractivity contribution is -0.130. The van der Waals surface area contributed by atoms with Gasteiger partial charge in [-0.15, -0.1) is 0 Å². The van der Waals surface area contributed by atoms with Crippen molar-refractivity contribution >= 4 is 39.5 Å². The molecule has 1 atom stereocenters. The molecule has 46 heavy (non-hydrogen) atoms. The molecule has 3 fully saturated rings. The Morgan fingerprint density at radius 1 is 1.00 bits per heavy atom. The highest BCUT2D eigenvalue weighted by molar-refractivity contribution is 7.85. The predicted molar refractivity (Wildman–Crippen MR) is 172 cm³/mol. The maximum absolute atomic E-state index is 15.0. The summed E-state index contributed by atoms with van der Waals surface area (Å²) in [5.74, 6) is 0.798. The first kappa shape index (κ1) is 34.3. The largest absolute Gasteiger partial charge is 0.493 e. The number of carbonyl (C=O) groups is 2. The van der Waals surface area contributed by atoms with Crippen LogP contribution in [0.25, 0.3) is 0 Å². The number of nitrogens with zero attached hydrogens (tertiary/aromatic N) is 5. The maximum atomic E-state index is 15.0. The number of likely N-dealkylation sites (tertiary alicyclic amines) is 2. The normalized spacial score (nSPS) is 20.5. The fourth-order valence-corrected chi connectivity index (χ4v) is 7.50. The lowest BCUT2D eigenvalue weighted by atomic mass is 9.86. The van der Waals surface area contributed by atoms with Crippen LogP contribution in [0.3, 0.4) is 0 Å². The van der Waals surface area contributed by atoms with Crippen molar-refractivity contribution in [1.82, 2.24) is 19.8 Å². The number of amides is 2. The van der Waals surface area contributed by atoms with Crippen molar-refractivity contribution < 1.29 is 31.7 Å². The van der Waals surface area contributed by atoms with Crippen molar-refractivity contribution in [2.45, 2.75) is 64.2 Å². The molecule has 3 aliphatic heterocycles. The van der Waals surface area contributed by atoms with Crippen molar-refractivity contribution in [3.63, 3.8) is 0 Å². The van der Waals surface area contributed by atoms with Crippen LogP contribution in [-0.4, -0.2) is 96.2 Å². The number of ether oxygens (including phenoxy) is 1.